The average molecular weight is 394 g/mol. The van der Waals surface area contributed by atoms with Gasteiger partial charge in [-0.25, -0.2) is 8.42 Å². The Labute approximate surface area is 165 Å². The van der Waals surface area contributed by atoms with Crippen molar-refractivity contribution >= 4 is 21.6 Å². The largest absolute Gasteiger partial charge is 0.352 e. The van der Waals surface area contributed by atoms with Crippen molar-refractivity contribution in [3.63, 3.8) is 0 Å². The first-order valence-electron chi connectivity index (χ1n) is 8.96. The van der Waals surface area contributed by atoms with E-state index >= 15 is 0 Å². The number of amides is 1. The molecule has 1 amide bonds. The van der Waals surface area contributed by atoms with Gasteiger partial charge in [0.05, 0.1) is 4.90 Å². The first-order valence-corrected chi connectivity index (χ1v) is 10.4. The molecule has 0 spiro atoms. The highest BCUT2D eigenvalue weighted by molar-refractivity contribution is 7.92. The van der Waals surface area contributed by atoms with Crippen LogP contribution in [0.15, 0.2) is 83.8 Å². The summed E-state index contributed by atoms with van der Waals surface area (Å²) >= 11 is 0. The van der Waals surface area contributed by atoms with Gasteiger partial charge < -0.3 is 5.32 Å². The van der Waals surface area contributed by atoms with Crippen LogP contribution in [0.2, 0.25) is 0 Å². The predicted molar refractivity (Wildman–Crippen MR) is 111 cm³/mol. The molecule has 2 N–H and O–H groups in total. The van der Waals surface area contributed by atoms with Crippen LogP contribution in [0.25, 0.3) is 0 Å². The molecule has 5 nitrogen and oxygen atoms in total. The summed E-state index contributed by atoms with van der Waals surface area (Å²) in [4.78, 5) is 12.4. The second-order valence-electron chi connectivity index (χ2n) is 6.49. The average Bonchev–Trinajstić information content (AvgIpc) is 2.68. The van der Waals surface area contributed by atoms with Gasteiger partial charge in [0.25, 0.3) is 15.9 Å². The number of rotatable bonds is 7. The summed E-state index contributed by atoms with van der Waals surface area (Å²) < 4.78 is 27.8. The fourth-order valence-corrected chi connectivity index (χ4v) is 3.89. The Bertz CT molecular complexity index is 1060. The van der Waals surface area contributed by atoms with Crippen molar-refractivity contribution in [1.82, 2.24) is 5.32 Å². The summed E-state index contributed by atoms with van der Waals surface area (Å²) in [6, 6.07) is 23.0. The van der Waals surface area contributed by atoms with E-state index in [1.54, 1.807) is 30.3 Å². The molecule has 28 heavy (non-hydrogen) atoms. The number of hydrogen-bond donors (Lipinski definition) is 2. The van der Waals surface area contributed by atoms with Gasteiger partial charge in [-0.3, -0.25) is 9.52 Å². The Hall–Kier alpha value is -3.12. The molecular formula is C22H22N2O3S. The molecule has 0 aliphatic carbocycles. The van der Waals surface area contributed by atoms with Crippen LogP contribution in [0.1, 0.15) is 21.5 Å². The summed E-state index contributed by atoms with van der Waals surface area (Å²) in [7, 11) is -3.78. The van der Waals surface area contributed by atoms with E-state index in [0.29, 0.717) is 24.2 Å². The van der Waals surface area contributed by atoms with Gasteiger partial charge in [-0.1, -0.05) is 48.5 Å². The zero-order chi connectivity index (χ0) is 20.0. The third kappa shape index (κ3) is 5.20. The Balaban J connectivity index is 1.67. The van der Waals surface area contributed by atoms with Gasteiger partial charge >= 0.3 is 0 Å². The minimum Gasteiger partial charge on any atom is -0.352 e. The third-order valence-corrected chi connectivity index (χ3v) is 5.60. The van der Waals surface area contributed by atoms with Crippen LogP contribution < -0.4 is 10.0 Å². The highest BCUT2D eigenvalue weighted by atomic mass is 32.2. The number of carbonyl (C=O) groups is 1. The molecule has 3 aromatic carbocycles. The van der Waals surface area contributed by atoms with Crippen LogP contribution in [0.4, 0.5) is 5.69 Å². The SMILES string of the molecule is Cc1cccc(NS(=O)(=O)c2cccc(C(=O)NCCc3ccccc3)c2)c1. The molecule has 3 rings (SSSR count). The van der Waals surface area contributed by atoms with Gasteiger partial charge in [0.1, 0.15) is 0 Å². The lowest BCUT2D eigenvalue weighted by atomic mass is 10.1. The van der Waals surface area contributed by atoms with E-state index < -0.39 is 10.0 Å². The van der Waals surface area contributed by atoms with Crippen molar-refractivity contribution < 1.29 is 13.2 Å². The molecule has 0 bridgehead atoms. The fraction of sp³-hybridized carbons (Fsp3) is 0.136. The maximum Gasteiger partial charge on any atom is 0.261 e. The molecule has 0 saturated carbocycles. The van der Waals surface area contributed by atoms with Crippen molar-refractivity contribution in [2.75, 3.05) is 11.3 Å². The van der Waals surface area contributed by atoms with Crippen molar-refractivity contribution in [2.45, 2.75) is 18.2 Å². The lowest BCUT2D eigenvalue weighted by Crippen LogP contribution is -2.26. The van der Waals surface area contributed by atoms with Crippen LogP contribution in [-0.4, -0.2) is 20.9 Å². The van der Waals surface area contributed by atoms with E-state index in [9.17, 15) is 13.2 Å². The van der Waals surface area contributed by atoms with Crippen LogP contribution in [0, 0.1) is 6.92 Å². The van der Waals surface area contributed by atoms with Gasteiger partial charge in [0, 0.05) is 17.8 Å². The van der Waals surface area contributed by atoms with E-state index in [4.69, 9.17) is 0 Å². The van der Waals surface area contributed by atoms with Crippen molar-refractivity contribution in [3.8, 4) is 0 Å². The number of sulfonamides is 1. The number of aryl methyl sites for hydroxylation is 1. The first-order chi connectivity index (χ1) is 13.4. The Morgan fingerprint density at radius 2 is 1.64 bits per heavy atom. The van der Waals surface area contributed by atoms with Gasteiger partial charge in [-0.2, -0.15) is 0 Å². The first kappa shape index (κ1) is 19.6. The van der Waals surface area contributed by atoms with Gasteiger partial charge in [0.2, 0.25) is 0 Å². The molecule has 0 heterocycles. The molecule has 0 saturated heterocycles. The number of carbonyl (C=O) groups excluding carboxylic acids is 1. The zero-order valence-electron chi connectivity index (χ0n) is 15.6. The van der Waals surface area contributed by atoms with E-state index in [-0.39, 0.29) is 10.8 Å². The van der Waals surface area contributed by atoms with Gasteiger partial charge in [-0.05, 0) is 54.8 Å². The number of nitrogens with one attached hydrogen (secondary N) is 2. The second-order valence-corrected chi connectivity index (χ2v) is 8.18. The van der Waals surface area contributed by atoms with Gasteiger partial charge in [0.15, 0.2) is 0 Å². The Morgan fingerprint density at radius 1 is 0.893 bits per heavy atom. The van der Waals surface area contributed by atoms with Crippen molar-refractivity contribution in [1.29, 1.82) is 0 Å². The molecule has 0 atom stereocenters. The molecule has 0 aromatic heterocycles. The molecular weight excluding hydrogens is 372 g/mol. The molecule has 0 aliphatic heterocycles. The highest BCUT2D eigenvalue weighted by Gasteiger charge is 2.16. The van der Waals surface area contributed by atoms with Gasteiger partial charge in [-0.15, -0.1) is 0 Å². The minimum absolute atomic E-state index is 0.0460. The summed E-state index contributed by atoms with van der Waals surface area (Å²) in [5.41, 5.74) is 2.87. The quantitative estimate of drug-likeness (QED) is 0.641. The number of benzene rings is 3. The predicted octanol–water partition coefficient (Wildman–Crippen LogP) is 3.77. The van der Waals surface area contributed by atoms with Crippen LogP contribution in [0.3, 0.4) is 0 Å². The van der Waals surface area contributed by atoms with E-state index in [2.05, 4.69) is 10.0 Å². The van der Waals surface area contributed by atoms with E-state index in [1.165, 1.54) is 12.1 Å². The zero-order valence-corrected chi connectivity index (χ0v) is 16.4. The second kappa shape index (κ2) is 8.71. The normalized spacial score (nSPS) is 11.0. The maximum absolute atomic E-state index is 12.6. The molecule has 144 valence electrons. The minimum atomic E-state index is -3.78. The number of hydrogen-bond acceptors (Lipinski definition) is 3. The molecule has 3 aromatic rings. The van der Waals surface area contributed by atoms with Crippen molar-refractivity contribution in [2.24, 2.45) is 0 Å². The monoisotopic (exact) mass is 394 g/mol. The highest BCUT2D eigenvalue weighted by Crippen LogP contribution is 2.18. The lowest BCUT2D eigenvalue weighted by molar-refractivity contribution is 0.0954. The van der Waals surface area contributed by atoms with E-state index in [1.807, 2.05) is 43.3 Å². The molecule has 0 unspecified atom stereocenters. The van der Waals surface area contributed by atoms with Crippen LogP contribution in [-0.2, 0) is 16.4 Å². The molecule has 6 heteroatoms. The Kier molecular flexibility index (Phi) is 6.11. The van der Waals surface area contributed by atoms with Crippen LogP contribution >= 0.6 is 0 Å². The standard InChI is InChI=1S/C22H22N2O3S/c1-17-7-5-11-20(15-17)24-28(26,27)21-12-6-10-19(16-21)22(25)23-14-13-18-8-3-2-4-9-18/h2-12,15-16,24H,13-14H2,1H3,(H,23,25). The number of anilines is 1. The maximum atomic E-state index is 12.6. The van der Waals surface area contributed by atoms with E-state index in [0.717, 1.165) is 11.1 Å². The topological polar surface area (TPSA) is 75.3 Å². The summed E-state index contributed by atoms with van der Waals surface area (Å²) in [5.74, 6) is -0.302. The third-order valence-electron chi connectivity index (χ3n) is 4.22. The molecule has 0 radical (unpaired) electrons. The van der Waals surface area contributed by atoms with Crippen LogP contribution in [0.5, 0.6) is 0 Å². The Morgan fingerprint density at radius 3 is 2.39 bits per heavy atom. The fourth-order valence-electron chi connectivity index (χ4n) is 2.79. The molecule has 0 aliphatic rings. The summed E-state index contributed by atoms with van der Waals surface area (Å²) in [5, 5.41) is 2.83. The van der Waals surface area contributed by atoms with Crippen molar-refractivity contribution in [3.05, 3.63) is 95.6 Å². The molecule has 0 fully saturated rings. The smallest absolute Gasteiger partial charge is 0.261 e. The lowest BCUT2D eigenvalue weighted by Gasteiger charge is -2.10. The summed E-state index contributed by atoms with van der Waals surface area (Å²) in [6.45, 7) is 2.36. The summed E-state index contributed by atoms with van der Waals surface area (Å²) in [6.07, 6.45) is 0.708.